The minimum atomic E-state index is -1.38. The lowest BCUT2D eigenvalue weighted by molar-refractivity contribution is -0.307. The number of halogens is 1. The molecule has 2 aromatic rings. The minimum Gasteiger partial charge on any atom is -0.546 e. The summed E-state index contributed by atoms with van der Waals surface area (Å²) in [5.41, 5.74) is 2.38. The van der Waals surface area contributed by atoms with E-state index in [4.69, 9.17) is 10.00 Å². The molecule has 0 aliphatic rings. The highest BCUT2D eigenvalue weighted by molar-refractivity contribution is 5.95. The van der Waals surface area contributed by atoms with E-state index in [0.717, 1.165) is 6.07 Å². The maximum absolute atomic E-state index is 13.7. The van der Waals surface area contributed by atoms with Crippen molar-refractivity contribution in [3.63, 3.8) is 0 Å². The summed E-state index contributed by atoms with van der Waals surface area (Å²) in [5.74, 6) is -2.79. The summed E-state index contributed by atoms with van der Waals surface area (Å²) in [4.78, 5) is 22.3. The third-order valence-corrected chi connectivity index (χ3v) is 2.98. The number of nitrogens with zero attached hydrogens (tertiary/aromatic N) is 2. The van der Waals surface area contributed by atoms with Crippen LogP contribution in [0.15, 0.2) is 47.6 Å². The molecule has 2 rings (SSSR count). The molecule has 7 nitrogen and oxygen atoms in total. The molecule has 0 radical (unpaired) electrons. The van der Waals surface area contributed by atoms with Crippen LogP contribution in [0.25, 0.3) is 0 Å². The Morgan fingerprint density at radius 1 is 1.32 bits per heavy atom. The summed E-state index contributed by atoms with van der Waals surface area (Å²) < 4.78 is 18.8. The summed E-state index contributed by atoms with van der Waals surface area (Å²) >= 11 is 0. The predicted octanol–water partition coefficient (Wildman–Crippen LogP) is 0.590. The summed E-state index contributed by atoms with van der Waals surface area (Å²) in [6, 6.07) is 11.6. The zero-order chi connectivity index (χ0) is 18.2. The van der Waals surface area contributed by atoms with Gasteiger partial charge in [0.25, 0.3) is 5.91 Å². The summed E-state index contributed by atoms with van der Waals surface area (Å²) in [6.07, 6.45) is 1.23. The van der Waals surface area contributed by atoms with Gasteiger partial charge in [-0.25, -0.2) is 9.82 Å². The highest BCUT2D eigenvalue weighted by Gasteiger charge is 2.11. The van der Waals surface area contributed by atoms with Crippen molar-refractivity contribution in [1.82, 2.24) is 5.43 Å². The van der Waals surface area contributed by atoms with Crippen molar-refractivity contribution >= 4 is 18.1 Å². The van der Waals surface area contributed by atoms with Crippen LogP contribution in [-0.4, -0.2) is 24.7 Å². The van der Waals surface area contributed by atoms with Crippen molar-refractivity contribution in [3.8, 4) is 11.8 Å². The molecule has 0 spiro atoms. The second kappa shape index (κ2) is 8.21. The van der Waals surface area contributed by atoms with Crippen LogP contribution in [0.3, 0.4) is 0 Å². The Hall–Kier alpha value is -3.73. The average Bonchev–Trinajstić information content (AvgIpc) is 2.60. The average molecular weight is 340 g/mol. The molecule has 8 heteroatoms. The molecule has 25 heavy (non-hydrogen) atoms. The van der Waals surface area contributed by atoms with E-state index in [1.807, 2.05) is 0 Å². The number of carbonyl (C=O) groups is 2. The zero-order valence-electron chi connectivity index (χ0n) is 12.7. The Labute approximate surface area is 142 Å². The van der Waals surface area contributed by atoms with Gasteiger partial charge in [-0.15, -0.1) is 0 Å². The highest BCUT2D eigenvalue weighted by atomic mass is 19.1. The van der Waals surface area contributed by atoms with E-state index in [-0.39, 0.29) is 16.9 Å². The molecule has 0 saturated heterocycles. The van der Waals surface area contributed by atoms with Gasteiger partial charge in [0.1, 0.15) is 18.2 Å². The van der Waals surface area contributed by atoms with Crippen molar-refractivity contribution in [2.75, 3.05) is 6.61 Å². The lowest BCUT2D eigenvalue weighted by atomic mass is 10.1. The van der Waals surface area contributed by atoms with E-state index < -0.39 is 24.3 Å². The molecule has 0 atom stereocenters. The van der Waals surface area contributed by atoms with Gasteiger partial charge < -0.3 is 14.6 Å². The fourth-order valence-corrected chi connectivity index (χ4v) is 1.84. The first-order valence-electron chi connectivity index (χ1n) is 6.96. The number of benzene rings is 2. The normalized spacial score (nSPS) is 10.2. The highest BCUT2D eigenvalue weighted by Crippen LogP contribution is 2.15. The second-order valence-electron chi connectivity index (χ2n) is 4.70. The number of hydrogen-bond acceptors (Lipinski definition) is 6. The Morgan fingerprint density at radius 2 is 2.08 bits per heavy atom. The molecule has 0 fully saturated rings. The number of nitrogens with one attached hydrogen (secondary N) is 1. The number of carbonyl (C=O) groups excluding carboxylic acids is 2. The first kappa shape index (κ1) is 17.6. The first-order valence-corrected chi connectivity index (χ1v) is 6.96. The molecule has 1 amide bonds. The summed E-state index contributed by atoms with van der Waals surface area (Å²) in [6.45, 7) is -0.631. The van der Waals surface area contributed by atoms with Crippen LogP contribution < -0.4 is 15.3 Å². The molecule has 0 unspecified atom stereocenters. The number of ether oxygens (including phenoxy) is 1. The van der Waals surface area contributed by atoms with E-state index in [9.17, 15) is 19.1 Å². The van der Waals surface area contributed by atoms with E-state index in [2.05, 4.69) is 10.5 Å². The van der Waals surface area contributed by atoms with Crippen LogP contribution in [-0.2, 0) is 4.79 Å². The fraction of sp³-hybridized carbons (Fsp3) is 0.0588. The van der Waals surface area contributed by atoms with Crippen LogP contribution in [0.1, 0.15) is 21.5 Å². The van der Waals surface area contributed by atoms with Gasteiger partial charge in [-0.05, 0) is 30.3 Å². The molecule has 1 N–H and O–H groups in total. The Kier molecular flexibility index (Phi) is 5.79. The van der Waals surface area contributed by atoms with Crippen molar-refractivity contribution in [2.24, 2.45) is 5.10 Å². The van der Waals surface area contributed by atoms with Gasteiger partial charge in [-0.1, -0.05) is 12.1 Å². The Bertz CT molecular complexity index is 874. The van der Waals surface area contributed by atoms with Crippen LogP contribution >= 0.6 is 0 Å². The van der Waals surface area contributed by atoms with Gasteiger partial charge in [0.15, 0.2) is 0 Å². The standard InChI is InChI=1S/C17H12FN3O4/c18-14-7-11(8-19)5-6-13(14)17(24)21-20-9-12-3-1-2-4-15(12)25-10-16(22)23/h1-7,9H,10H2,(H,21,24)(H,22,23)/p-1/b20-9-. The van der Waals surface area contributed by atoms with E-state index in [1.54, 1.807) is 24.3 Å². The molecular formula is C17H11FN3O4-. The number of carboxylic acid groups (broad SMARTS) is 1. The fourth-order valence-electron chi connectivity index (χ4n) is 1.84. The number of nitriles is 1. The third kappa shape index (κ3) is 4.87. The van der Waals surface area contributed by atoms with Gasteiger partial charge in [0.2, 0.25) is 0 Å². The largest absolute Gasteiger partial charge is 0.546 e. The van der Waals surface area contributed by atoms with Crippen molar-refractivity contribution < 1.29 is 23.8 Å². The monoisotopic (exact) mass is 340 g/mol. The molecule has 0 aliphatic carbocycles. The van der Waals surface area contributed by atoms with E-state index >= 15 is 0 Å². The van der Waals surface area contributed by atoms with Gasteiger partial charge in [0, 0.05) is 5.56 Å². The van der Waals surface area contributed by atoms with Gasteiger partial charge >= 0.3 is 0 Å². The molecule has 0 saturated carbocycles. The first-order chi connectivity index (χ1) is 12.0. The van der Waals surface area contributed by atoms with Crippen LogP contribution in [0.4, 0.5) is 4.39 Å². The van der Waals surface area contributed by atoms with E-state index in [1.165, 1.54) is 24.4 Å². The molecular weight excluding hydrogens is 329 g/mol. The lowest BCUT2D eigenvalue weighted by Gasteiger charge is -2.09. The zero-order valence-corrected chi connectivity index (χ0v) is 12.7. The second-order valence-corrected chi connectivity index (χ2v) is 4.70. The topological polar surface area (TPSA) is 115 Å². The molecule has 0 bridgehead atoms. The molecule has 126 valence electrons. The SMILES string of the molecule is N#Cc1ccc(C(=O)N/N=C\c2ccccc2OCC(=O)[O-])c(F)c1. The van der Waals surface area contributed by atoms with Crippen LogP contribution in [0.5, 0.6) is 5.75 Å². The van der Waals surface area contributed by atoms with Crippen LogP contribution in [0, 0.1) is 17.1 Å². The lowest BCUT2D eigenvalue weighted by Crippen LogP contribution is -2.29. The Balaban J connectivity index is 2.07. The number of aliphatic carboxylic acids is 1. The van der Waals surface area contributed by atoms with Crippen molar-refractivity contribution in [2.45, 2.75) is 0 Å². The van der Waals surface area contributed by atoms with Gasteiger partial charge in [-0.2, -0.15) is 10.4 Å². The quantitative estimate of drug-likeness (QED) is 0.610. The smallest absolute Gasteiger partial charge is 0.274 e. The number of rotatable bonds is 6. The predicted molar refractivity (Wildman–Crippen MR) is 83.1 cm³/mol. The number of para-hydroxylation sites is 1. The summed E-state index contributed by atoms with van der Waals surface area (Å²) in [5, 5.41) is 22.8. The van der Waals surface area contributed by atoms with E-state index in [0.29, 0.717) is 5.56 Å². The number of carboxylic acids is 1. The number of amides is 1. The molecule has 0 aromatic heterocycles. The number of hydrogen-bond donors (Lipinski definition) is 1. The maximum Gasteiger partial charge on any atom is 0.274 e. The molecule has 2 aromatic carbocycles. The van der Waals surface area contributed by atoms with Gasteiger partial charge in [-0.3, -0.25) is 4.79 Å². The number of hydrazone groups is 1. The third-order valence-electron chi connectivity index (χ3n) is 2.98. The summed E-state index contributed by atoms with van der Waals surface area (Å²) in [7, 11) is 0. The Morgan fingerprint density at radius 3 is 2.76 bits per heavy atom. The van der Waals surface area contributed by atoms with Crippen molar-refractivity contribution in [1.29, 1.82) is 5.26 Å². The molecule has 0 aliphatic heterocycles. The van der Waals surface area contributed by atoms with Crippen LogP contribution in [0.2, 0.25) is 0 Å². The maximum atomic E-state index is 13.7. The minimum absolute atomic E-state index is 0.0940. The van der Waals surface area contributed by atoms with Gasteiger partial charge in [0.05, 0.1) is 29.4 Å². The van der Waals surface area contributed by atoms with Crippen molar-refractivity contribution in [3.05, 3.63) is 65.0 Å². The molecule has 0 heterocycles.